The van der Waals surface area contributed by atoms with Crippen LogP contribution in [0.15, 0.2) is 0 Å². The largest absolute Gasteiger partial charge is 0.457 e. The summed E-state index contributed by atoms with van der Waals surface area (Å²) in [6.07, 6.45) is 26.1. The molecule has 0 aromatic carbocycles. The minimum absolute atomic E-state index is 0.0703. The van der Waals surface area contributed by atoms with Crippen molar-refractivity contribution in [2.24, 2.45) is 0 Å². The van der Waals surface area contributed by atoms with Crippen molar-refractivity contribution >= 4 is 5.97 Å². The van der Waals surface area contributed by atoms with Crippen LogP contribution in [0.3, 0.4) is 0 Å². The first-order valence-electron chi connectivity index (χ1n) is 27.6. The average molecular weight is 963 g/mol. The van der Waals surface area contributed by atoms with Crippen LogP contribution in [0.25, 0.3) is 0 Å². The molecule has 0 bridgehead atoms. The summed E-state index contributed by atoms with van der Waals surface area (Å²) in [5.41, 5.74) is 0. The maximum Gasteiger partial charge on any atom is 0.306 e. The van der Waals surface area contributed by atoms with Gasteiger partial charge in [-0.2, -0.15) is 0 Å². The van der Waals surface area contributed by atoms with E-state index in [9.17, 15) is 40.5 Å². The maximum atomic E-state index is 13.0. The average Bonchev–Trinajstić information content (AvgIpc) is 3.32. The highest BCUT2D eigenvalue weighted by Gasteiger charge is 2.47. The number of esters is 1. The summed E-state index contributed by atoms with van der Waals surface area (Å²) in [5.74, 6) is -0.371. The molecule has 2 fully saturated rings. The quantitative estimate of drug-likeness (QED) is 0.0224. The Morgan fingerprint density at radius 3 is 1.21 bits per heavy atom. The zero-order valence-corrected chi connectivity index (χ0v) is 42.4. The van der Waals surface area contributed by atoms with E-state index >= 15 is 0 Å². The SMILES string of the molecule is CCCCCCCCCCCCCCCCCCCCCCCCOCC(COC1OC(COC2OC(CO)C(O)C(O)C2O)C(O)C(O)C1O)OC(=O)CCCCCCCCCCCCC. The fraction of sp³-hybridized carbons (Fsp3) is 0.981. The molecule has 2 saturated heterocycles. The van der Waals surface area contributed by atoms with Crippen LogP contribution in [0.1, 0.15) is 232 Å². The highest BCUT2D eigenvalue weighted by Crippen LogP contribution is 2.27. The van der Waals surface area contributed by atoms with E-state index < -0.39 is 80.7 Å². The standard InChI is InChI=1S/C53H102O14/c1-3-5-7-9-11-13-15-16-17-18-19-20-21-22-23-24-25-27-29-31-33-35-37-62-39-42(65-45(55)36-34-32-30-28-26-14-12-10-8-6-4-2)40-63-52-51(61)49(59)47(57)44(67-52)41-64-53-50(60)48(58)46(56)43(38-54)66-53/h42-44,46-54,56-61H,3-41H2,1-2H3. The number of carbonyl (C=O) groups excluding carboxylic acids is 1. The predicted molar refractivity (Wildman–Crippen MR) is 261 cm³/mol. The summed E-state index contributed by atoms with van der Waals surface area (Å²) in [7, 11) is 0. The second kappa shape index (κ2) is 41.6. The number of aliphatic hydroxyl groups excluding tert-OH is 7. The molecule has 0 amide bonds. The van der Waals surface area contributed by atoms with Crippen molar-refractivity contribution in [2.45, 2.75) is 300 Å². The predicted octanol–water partition coefficient (Wildman–Crippen LogP) is 8.86. The molecule has 14 heteroatoms. The topological polar surface area (TPSA) is 214 Å². The Morgan fingerprint density at radius 1 is 0.433 bits per heavy atom. The van der Waals surface area contributed by atoms with Gasteiger partial charge in [0.15, 0.2) is 12.6 Å². The van der Waals surface area contributed by atoms with Gasteiger partial charge >= 0.3 is 5.97 Å². The second-order valence-corrected chi connectivity index (χ2v) is 19.8. The first-order chi connectivity index (χ1) is 32.6. The zero-order chi connectivity index (χ0) is 48.7. The number of hydrogen-bond donors (Lipinski definition) is 7. The Balaban J connectivity index is 1.69. The number of rotatable bonds is 45. The first kappa shape index (κ1) is 62.1. The molecule has 0 radical (unpaired) electrons. The lowest BCUT2D eigenvalue weighted by atomic mass is 9.98. The van der Waals surface area contributed by atoms with Gasteiger partial charge in [-0.1, -0.05) is 213 Å². The maximum absolute atomic E-state index is 13.0. The number of aliphatic hydroxyl groups is 7. The van der Waals surface area contributed by atoms with Crippen LogP contribution < -0.4 is 0 Å². The van der Waals surface area contributed by atoms with E-state index in [0.717, 1.165) is 38.5 Å². The summed E-state index contributed by atoms with van der Waals surface area (Å²) in [6.45, 7) is 3.73. The molecule has 2 heterocycles. The third-order valence-corrected chi connectivity index (χ3v) is 13.6. The molecule has 11 atom stereocenters. The Labute approximate surface area is 406 Å². The van der Waals surface area contributed by atoms with Crippen LogP contribution in [-0.2, 0) is 33.2 Å². The van der Waals surface area contributed by atoms with E-state index in [2.05, 4.69) is 13.8 Å². The number of ether oxygens (including phenoxy) is 6. The number of hydrogen-bond acceptors (Lipinski definition) is 14. The highest BCUT2D eigenvalue weighted by atomic mass is 16.7. The Morgan fingerprint density at radius 2 is 0.791 bits per heavy atom. The normalized spacial score (nSPS) is 26.0. The van der Waals surface area contributed by atoms with Gasteiger partial charge in [0.05, 0.1) is 26.4 Å². The van der Waals surface area contributed by atoms with Crippen LogP contribution >= 0.6 is 0 Å². The lowest BCUT2D eigenvalue weighted by Gasteiger charge is -2.42. The summed E-state index contributed by atoms with van der Waals surface area (Å²) >= 11 is 0. The van der Waals surface area contributed by atoms with Crippen molar-refractivity contribution < 1.29 is 69.0 Å². The molecular weight excluding hydrogens is 861 g/mol. The molecule has 11 unspecified atom stereocenters. The lowest BCUT2D eigenvalue weighted by Crippen LogP contribution is -2.61. The number of unbranched alkanes of at least 4 members (excludes halogenated alkanes) is 31. The van der Waals surface area contributed by atoms with Crippen molar-refractivity contribution in [1.29, 1.82) is 0 Å². The van der Waals surface area contributed by atoms with E-state index in [4.69, 9.17) is 28.4 Å². The molecule has 2 rings (SSSR count). The van der Waals surface area contributed by atoms with Gasteiger partial charge in [0, 0.05) is 13.0 Å². The van der Waals surface area contributed by atoms with Gasteiger partial charge in [-0.25, -0.2) is 0 Å². The van der Waals surface area contributed by atoms with Crippen LogP contribution in [0.4, 0.5) is 0 Å². The summed E-state index contributed by atoms with van der Waals surface area (Å²) in [5, 5.41) is 72.1. The van der Waals surface area contributed by atoms with Crippen LogP contribution in [0.2, 0.25) is 0 Å². The van der Waals surface area contributed by atoms with Gasteiger partial charge in [-0.05, 0) is 12.8 Å². The first-order valence-corrected chi connectivity index (χ1v) is 27.6. The lowest BCUT2D eigenvalue weighted by molar-refractivity contribution is -0.332. The fourth-order valence-corrected chi connectivity index (χ4v) is 9.11. The van der Waals surface area contributed by atoms with E-state index in [1.54, 1.807) is 0 Å². The Hall–Kier alpha value is -1.01. The fourth-order valence-electron chi connectivity index (χ4n) is 9.11. The molecular formula is C53H102O14. The third kappa shape index (κ3) is 29.2. The minimum atomic E-state index is -1.70. The second-order valence-electron chi connectivity index (χ2n) is 19.8. The Kier molecular flexibility index (Phi) is 38.6. The smallest absolute Gasteiger partial charge is 0.306 e. The summed E-state index contributed by atoms with van der Waals surface area (Å²) in [4.78, 5) is 13.0. The van der Waals surface area contributed by atoms with Crippen molar-refractivity contribution in [1.82, 2.24) is 0 Å². The van der Waals surface area contributed by atoms with Crippen molar-refractivity contribution in [3.8, 4) is 0 Å². The van der Waals surface area contributed by atoms with Gasteiger partial charge in [0.2, 0.25) is 0 Å². The van der Waals surface area contributed by atoms with E-state index in [1.165, 1.54) is 167 Å². The van der Waals surface area contributed by atoms with Gasteiger partial charge in [-0.15, -0.1) is 0 Å². The highest BCUT2D eigenvalue weighted by molar-refractivity contribution is 5.69. The zero-order valence-electron chi connectivity index (χ0n) is 42.4. The molecule has 0 aromatic rings. The molecule has 0 saturated carbocycles. The minimum Gasteiger partial charge on any atom is -0.457 e. The van der Waals surface area contributed by atoms with Gasteiger partial charge in [0.1, 0.15) is 54.9 Å². The van der Waals surface area contributed by atoms with Gasteiger partial charge in [0.25, 0.3) is 0 Å². The molecule has 0 aromatic heterocycles. The third-order valence-electron chi connectivity index (χ3n) is 13.6. The molecule has 398 valence electrons. The van der Waals surface area contributed by atoms with E-state index in [1.807, 2.05) is 0 Å². The van der Waals surface area contributed by atoms with E-state index in [-0.39, 0.29) is 25.6 Å². The van der Waals surface area contributed by atoms with Crippen LogP contribution in [0.5, 0.6) is 0 Å². The van der Waals surface area contributed by atoms with Crippen molar-refractivity contribution in [3.63, 3.8) is 0 Å². The van der Waals surface area contributed by atoms with Crippen molar-refractivity contribution in [2.75, 3.05) is 33.0 Å². The number of carbonyl (C=O) groups is 1. The van der Waals surface area contributed by atoms with Gasteiger partial charge < -0.3 is 64.2 Å². The van der Waals surface area contributed by atoms with Crippen LogP contribution in [-0.4, -0.2) is 142 Å². The van der Waals surface area contributed by atoms with Crippen molar-refractivity contribution in [3.05, 3.63) is 0 Å². The van der Waals surface area contributed by atoms with Crippen LogP contribution in [0, 0.1) is 0 Å². The molecule has 0 spiro atoms. The molecule has 0 aliphatic carbocycles. The molecule has 67 heavy (non-hydrogen) atoms. The molecule has 7 N–H and O–H groups in total. The molecule has 2 aliphatic heterocycles. The van der Waals surface area contributed by atoms with E-state index in [0.29, 0.717) is 13.0 Å². The summed E-state index contributed by atoms with van der Waals surface area (Å²) in [6, 6.07) is 0. The molecule has 14 nitrogen and oxygen atoms in total. The molecule has 2 aliphatic rings. The van der Waals surface area contributed by atoms with Gasteiger partial charge in [-0.3, -0.25) is 4.79 Å². The monoisotopic (exact) mass is 963 g/mol. The Bertz CT molecular complexity index is 1120. The summed E-state index contributed by atoms with van der Waals surface area (Å²) < 4.78 is 34.3.